The molecule has 2 amide bonds. The molecule has 1 fully saturated rings. The molecule has 1 heterocycles. The van der Waals surface area contributed by atoms with E-state index in [9.17, 15) is 9.59 Å². The van der Waals surface area contributed by atoms with Crippen molar-refractivity contribution < 1.29 is 9.59 Å². The van der Waals surface area contributed by atoms with Gasteiger partial charge in [0.25, 0.3) is 0 Å². The second-order valence-corrected chi connectivity index (χ2v) is 5.38. The lowest BCUT2D eigenvalue weighted by atomic mass is 10.1. The highest BCUT2D eigenvalue weighted by molar-refractivity contribution is 7.98. The highest BCUT2D eigenvalue weighted by Crippen LogP contribution is 2.27. The maximum atomic E-state index is 12.0. The van der Waals surface area contributed by atoms with Crippen LogP contribution in [-0.2, 0) is 9.59 Å². The summed E-state index contributed by atoms with van der Waals surface area (Å²) in [5.41, 5.74) is 0.870. The Labute approximate surface area is 117 Å². The van der Waals surface area contributed by atoms with Crippen molar-refractivity contribution >= 4 is 29.3 Å². The average molecular weight is 278 g/mol. The van der Waals surface area contributed by atoms with E-state index in [2.05, 4.69) is 5.32 Å². The topological polar surface area (TPSA) is 49.4 Å². The lowest BCUT2D eigenvalue weighted by Crippen LogP contribution is -2.32. The molecule has 4 nitrogen and oxygen atoms in total. The largest absolute Gasteiger partial charge is 0.356 e. The molecule has 0 unspecified atom stereocenters. The minimum Gasteiger partial charge on any atom is -0.356 e. The van der Waals surface area contributed by atoms with Crippen LogP contribution in [0.15, 0.2) is 29.2 Å². The van der Waals surface area contributed by atoms with Crippen LogP contribution in [0.1, 0.15) is 13.3 Å². The molecule has 1 aliphatic heterocycles. The summed E-state index contributed by atoms with van der Waals surface area (Å²) in [5.74, 6) is -0.236. The Bertz CT molecular complexity index is 473. The lowest BCUT2D eigenvalue weighted by molar-refractivity contribution is -0.126. The molecule has 2 rings (SSSR count). The van der Waals surface area contributed by atoms with Gasteiger partial charge in [-0.3, -0.25) is 9.59 Å². The van der Waals surface area contributed by atoms with Crippen molar-refractivity contribution in [3.63, 3.8) is 0 Å². The number of hydrogen-bond acceptors (Lipinski definition) is 3. The summed E-state index contributed by atoms with van der Waals surface area (Å²) >= 11 is 1.67. The molecular formula is C14H18N2O2S. The molecule has 0 bridgehead atoms. The van der Waals surface area contributed by atoms with Crippen molar-refractivity contribution in [1.29, 1.82) is 0 Å². The van der Waals surface area contributed by atoms with Crippen molar-refractivity contribution in [2.24, 2.45) is 5.92 Å². The van der Waals surface area contributed by atoms with E-state index >= 15 is 0 Å². The molecule has 0 aromatic heterocycles. The quantitative estimate of drug-likeness (QED) is 0.856. The van der Waals surface area contributed by atoms with Crippen molar-refractivity contribution in [3.8, 4) is 0 Å². The van der Waals surface area contributed by atoms with Crippen molar-refractivity contribution in [1.82, 2.24) is 5.32 Å². The van der Waals surface area contributed by atoms with Gasteiger partial charge in [0.05, 0.1) is 5.92 Å². The zero-order valence-corrected chi connectivity index (χ0v) is 12.0. The van der Waals surface area contributed by atoms with Crippen LogP contribution in [0.5, 0.6) is 0 Å². The van der Waals surface area contributed by atoms with Gasteiger partial charge in [-0.05, 0) is 37.4 Å². The SMILES string of the molecule is CCNC(=O)[C@@H]1CC(=O)N(c2ccc(SC)cc2)C1. The van der Waals surface area contributed by atoms with E-state index in [1.54, 1.807) is 16.7 Å². The standard InChI is InChI=1S/C14H18N2O2S/c1-3-15-14(18)10-8-13(17)16(9-10)11-4-6-12(19-2)7-5-11/h4-7,10H,3,8-9H2,1-2H3,(H,15,18)/t10-/m1/s1. The molecule has 19 heavy (non-hydrogen) atoms. The Morgan fingerprint density at radius 1 is 1.42 bits per heavy atom. The highest BCUT2D eigenvalue weighted by atomic mass is 32.2. The number of thioether (sulfide) groups is 1. The fourth-order valence-corrected chi connectivity index (χ4v) is 2.62. The molecule has 1 aromatic carbocycles. The van der Waals surface area contributed by atoms with Crippen molar-refractivity contribution in [2.45, 2.75) is 18.2 Å². The number of carbonyl (C=O) groups is 2. The van der Waals surface area contributed by atoms with E-state index < -0.39 is 0 Å². The molecule has 0 saturated carbocycles. The Kier molecular flexibility index (Phi) is 4.47. The number of nitrogens with one attached hydrogen (secondary N) is 1. The second kappa shape index (κ2) is 6.10. The third kappa shape index (κ3) is 3.10. The van der Waals surface area contributed by atoms with Crippen LogP contribution in [-0.4, -0.2) is 31.2 Å². The minimum absolute atomic E-state index is 0.0214. The van der Waals surface area contributed by atoms with E-state index in [1.807, 2.05) is 37.4 Å². The number of amides is 2. The molecule has 1 saturated heterocycles. The van der Waals surface area contributed by atoms with Crippen LogP contribution >= 0.6 is 11.8 Å². The predicted octanol–water partition coefficient (Wildman–Crippen LogP) is 1.90. The van der Waals surface area contributed by atoms with Crippen LogP contribution in [0.3, 0.4) is 0 Å². The molecule has 0 aliphatic carbocycles. The Morgan fingerprint density at radius 2 is 2.11 bits per heavy atom. The van der Waals surface area contributed by atoms with Gasteiger partial charge >= 0.3 is 0 Å². The van der Waals surface area contributed by atoms with Crippen LogP contribution in [0.2, 0.25) is 0 Å². The zero-order chi connectivity index (χ0) is 13.8. The summed E-state index contributed by atoms with van der Waals surface area (Å²) in [6.45, 7) is 2.96. The fraction of sp³-hybridized carbons (Fsp3) is 0.429. The van der Waals surface area contributed by atoms with Gasteiger partial charge in [0.1, 0.15) is 0 Å². The second-order valence-electron chi connectivity index (χ2n) is 4.50. The number of hydrogen-bond donors (Lipinski definition) is 1. The van der Waals surface area contributed by atoms with E-state index in [1.165, 1.54) is 0 Å². The molecule has 5 heteroatoms. The van der Waals surface area contributed by atoms with Gasteiger partial charge in [-0.1, -0.05) is 0 Å². The highest BCUT2D eigenvalue weighted by Gasteiger charge is 2.34. The van der Waals surface area contributed by atoms with E-state index in [0.29, 0.717) is 19.5 Å². The van der Waals surface area contributed by atoms with Crippen molar-refractivity contribution in [2.75, 3.05) is 24.2 Å². The number of anilines is 1. The number of benzene rings is 1. The number of nitrogens with zero attached hydrogens (tertiary/aromatic N) is 1. The third-order valence-corrected chi connectivity index (χ3v) is 3.97. The normalized spacial score (nSPS) is 18.7. The summed E-state index contributed by atoms with van der Waals surface area (Å²) in [6.07, 6.45) is 2.32. The van der Waals surface area contributed by atoms with Crippen molar-refractivity contribution in [3.05, 3.63) is 24.3 Å². The summed E-state index contributed by atoms with van der Waals surface area (Å²) in [5, 5.41) is 2.78. The smallest absolute Gasteiger partial charge is 0.227 e. The molecular weight excluding hydrogens is 260 g/mol. The predicted molar refractivity (Wildman–Crippen MR) is 77.4 cm³/mol. The van der Waals surface area contributed by atoms with Crippen LogP contribution in [0.25, 0.3) is 0 Å². The lowest BCUT2D eigenvalue weighted by Gasteiger charge is -2.16. The first-order valence-electron chi connectivity index (χ1n) is 6.37. The van der Waals surface area contributed by atoms with Gasteiger partial charge in [0.2, 0.25) is 11.8 Å². The molecule has 1 aromatic rings. The fourth-order valence-electron chi connectivity index (χ4n) is 2.21. The summed E-state index contributed by atoms with van der Waals surface area (Å²) in [6, 6.07) is 7.85. The van der Waals surface area contributed by atoms with E-state index in [4.69, 9.17) is 0 Å². The van der Waals surface area contributed by atoms with E-state index in [-0.39, 0.29) is 17.7 Å². The summed E-state index contributed by atoms with van der Waals surface area (Å²) < 4.78 is 0. The first-order chi connectivity index (χ1) is 9.15. The maximum absolute atomic E-state index is 12.0. The van der Waals surface area contributed by atoms with Crippen LogP contribution in [0.4, 0.5) is 5.69 Å². The monoisotopic (exact) mass is 278 g/mol. The Morgan fingerprint density at radius 3 is 2.68 bits per heavy atom. The molecule has 1 atom stereocenters. The Balaban J connectivity index is 2.08. The van der Waals surface area contributed by atoms with Crippen LogP contribution < -0.4 is 10.2 Å². The Hall–Kier alpha value is -1.49. The van der Waals surface area contributed by atoms with Gasteiger partial charge in [0.15, 0.2) is 0 Å². The van der Waals surface area contributed by atoms with Gasteiger partial charge in [0, 0.05) is 30.1 Å². The van der Waals surface area contributed by atoms with E-state index in [0.717, 1.165) is 10.6 Å². The first-order valence-corrected chi connectivity index (χ1v) is 7.60. The van der Waals surface area contributed by atoms with Crippen LogP contribution in [0, 0.1) is 5.92 Å². The van der Waals surface area contributed by atoms with Gasteiger partial charge in [-0.25, -0.2) is 0 Å². The first kappa shape index (κ1) is 13.9. The molecule has 0 spiro atoms. The molecule has 0 radical (unpaired) electrons. The van der Waals surface area contributed by atoms with Gasteiger partial charge in [-0.2, -0.15) is 0 Å². The third-order valence-electron chi connectivity index (χ3n) is 3.23. The average Bonchev–Trinajstić information content (AvgIpc) is 2.81. The van der Waals surface area contributed by atoms with Gasteiger partial charge < -0.3 is 10.2 Å². The van der Waals surface area contributed by atoms with Gasteiger partial charge in [-0.15, -0.1) is 11.8 Å². The zero-order valence-electron chi connectivity index (χ0n) is 11.2. The molecule has 1 aliphatic rings. The maximum Gasteiger partial charge on any atom is 0.227 e. The molecule has 1 N–H and O–H groups in total. The summed E-state index contributed by atoms with van der Waals surface area (Å²) in [7, 11) is 0. The molecule has 102 valence electrons. The minimum atomic E-state index is -0.229. The number of rotatable bonds is 4. The summed E-state index contributed by atoms with van der Waals surface area (Å²) in [4.78, 5) is 26.6. The number of carbonyl (C=O) groups excluding carboxylic acids is 2.